The second-order valence-electron chi connectivity index (χ2n) is 5.69. The van der Waals surface area contributed by atoms with Crippen LogP contribution in [-0.4, -0.2) is 33.7 Å². The van der Waals surface area contributed by atoms with E-state index in [2.05, 4.69) is 4.98 Å². The van der Waals surface area contributed by atoms with Gasteiger partial charge in [0.05, 0.1) is 6.54 Å². The number of rotatable bonds is 3. The molecule has 102 valence electrons. The highest BCUT2D eigenvalue weighted by Gasteiger charge is 2.35. The van der Waals surface area contributed by atoms with Crippen LogP contribution in [0, 0.1) is 0 Å². The third kappa shape index (κ3) is 3.40. The van der Waals surface area contributed by atoms with Crippen molar-refractivity contribution in [2.24, 2.45) is 0 Å². The largest absolute Gasteiger partial charge is 0.330 e. The highest BCUT2D eigenvalue weighted by Crippen LogP contribution is 2.26. The first kappa shape index (κ1) is 13.7. The summed E-state index contributed by atoms with van der Waals surface area (Å²) in [6, 6.07) is 3.83. The number of piperidine rings is 1. The van der Waals surface area contributed by atoms with E-state index in [4.69, 9.17) is 0 Å². The number of aryl methyl sites for hydroxylation is 1. The van der Waals surface area contributed by atoms with Crippen LogP contribution in [0.3, 0.4) is 0 Å². The maximum Gasteiger partial charge on any atom is 0.223 e. The SMILES string of the molecule is CC1(C)CCC(=O)CN1C(=O)CCc1cccnc1. The van der Waals surface area contributed by atoms with Crippen LogP contribution < -0.4 is 0 Å². The summed E-state index contributed by atoms with van der Waals surface area (Å²) in [5, 5.41) is 0. The van der Waals surface area contributed by atoms with Gasteiger partial charge in [0.1, 0.15) is 0 Å². The lowest BCUT2D eigenvalue weighted by Gasteiger charge is -2.41. The molecule has 0 bridgehead atoms. The molecule has 1 aromatic heterocycles. The first-order chi connectivity index (χ1) is 8.99. The number of carbonyl (C=O) groups excluding carboxylic acids is 2. The van der Waals surface area contributed by atoms with Crippen molar-refractivity contribution in [3.63, 3.8) is 0 Å². The van der Waals surface area contributed by atoms with E-state index in [1.807, 2.05) is 26.0 Å². The summed E-state index contributed by atoms with van der Waals surface area (Å²) in [7, 11) is 0. The maximum absolute atomic E-state index is 12.3. The van der Waals surface area contributed by atoms with Gasteiger partial charge < -0.3 is 4.90 Å². The Morgan fingerprint density at radius 3 is 2.95 bits per heavy atom. The van der Waals surface area contributed by atoms with Crippen molar-refractivity contribution in [1.29, 1.82) is 0 Å². The van der Waals surface area contributed by atoms with Crippen molar-refractivity contribution in [2.75, 3.05) is 6.54 Å². The highest BCUT2D eigenvalue weighted by atomic mass is 16.2. The molecule has 4 heteroatoms. The summed E-state index contributed by atoms with van der Waals surface area (Å²) in [6.45, 7) is 4.32. The lowest BCUT2D eigenvalue weighted by atomic mass is 9.89. The molecule has 1 amide bonds. The lowest BCUT2D eigenvalue weighted by Crippen LogP contribution is -2.53. The zero-order chi connectivity index (χ0) is 13.9. The van der Waals surface area contributed by atoms with E-state index in [0.717, 1.165) is 12.0 Å². The number of pyridine rings is 1. The van der Waals surface area contributed by atoms with Gasteiger partial charge in [-0.3, -0.25) is 14.6 Å². The fourth-order valence-corrected chi connectivity index (χ4v) is 2.41. The van der Waals surface area contributed by atoms with E-state index in [0.29, 0.717) is 19.3 Å². The molecule has 0 N–H and O–H groups in total. The minimum Gasteiger partial charge on any atom is -0.330 e. The molecule has 2 heterocycles. The van der Waals surface area contributed by atoms with Gasteiger partial charge in [-0.05, 0) is 38.3 Å². The number of carbonyl (C=O) groups is 2. The Hall–Kier alpha value is -1.71. The number of Topliss-reactive ketones (excluding diaryl/α,β-unsaturated/α-hetero) is 1. The molecule has 0 aromatic carbocycles. The zero-order valence-electron chi connectivity index (χ0n) is 11.6. The Morgan fingerprint density at radius 1 is 1.47 bits per heavy atom. The van der Waals surface area contributed by atoms with E-state index >= 15 is 0 Å². The molecule has 0 radical (unpaired) electrons. The predicted molar refractivity (Wildman–Crippen MR) is 72.6 cm³/mol. The van der Waals surface area contributed by atoms with Crippen molar-refractivity contribution in [2.45, 2.75) is 45.1 Å². The van der Waals surface area contributed by atoms with Crippen LogP contribution in [0.4, 0.5) is 0 Å². The van der Waals surface area contributed by atoms with Gasteiger partial charge in [0.15, 0.2) is 5.78 Å². The van der Waals surface area contributed by atoms with Gasteiger partial charge in [-0.25, -0.2) is 0 Å². The smallest absolute Gasteiger partial charge is 0.223 e. The number of ketones is 1. The molecule has 0 spiro atoms. The molecule has 1 aliphatic heterocycles. The maximum atomic E-state index is 12.3. The second-order valence-corrected chi connectivity index (χ2v) is 5.69. The normalized spacial score (nSPS) is 18.4. The Labute approximate surface area is 113 Å². The molecule has 1 aliphatic rings. The Kier molecular flexibility index (Phi) is 3.98. The van der Waals surface area contributed by atoms with Gasteiger partial charge in [-0.1, -0.05) is 6.07 Å². The topological polar surface area (TPSA) is 50.3 Å². The third-order valence-corrected chi connectivity index (χ3v) is 3.73. The predicted octanol–water partition coefficient (Wildman–Crippen LogP) is 1.98. The van der Waals surface area contributed by atoms with Crippen LogP contribution in [0.2, 0.25) is 0 Å². The van der Waals surface area contributed by atoms with Crippen LogP contribution in [0.1, 0.15) is 38.7 Å². The fourth-order valence-electron chi connectivity index (χ4n) is 2.41. The quantitative estimate of drug-likeness (QED) is 0.835. The molecule has 2 rings (SSSR count). The Balaban J connectivity index is 1.97. The Morgan fingerprint density at radius 2 is 2.26 bits per heavy atom. The highest BCUT2D eigenvalue weighted by molar-refractivity contribution is 5.88. The summed E-state index contributed by atoms with van der Waals surface area (Å²) in [5.41, 5.74) is 0.844. The number of amides is 1. The number of hydrogen-bond donors (Lipinski definition) is 0. The summed E-state index contributed by atoms with van der Waals surface area (Å²) in [6.07, 6.45) is 5.94. The van der Waals surface area contributed by atoms with Crippen LogP contribution in [0.5, 0.6) is 0 Å². The molecule has 4 nitrogen and oxygen atoms in total. The molecule has 19 heavy (non-hydrogen) atoms. The number of hydrogen-bond acceptors (Lipinski definition) is 3. The van der Waals surface area contributed by atoms with E-state index in [1.54, 1.807) is 17.3 Å². The van der Waals surface area contributed by atoms with Crippen molar-refractivity contribution in [3.05, 3.63) is 30.1 Å². The summed E-state index contributed by atoms with van der Waals surface area (Å²) >= 11 is 0. The summed E-state index contributed by atoms with van der Waals surface area (Å²) in [4.78, 5) is 29.6. The summed E-state index contributed by atoms with van der Waals surface area (Å²) in [5.74, 6) is 0.218. The standard InChI is InChI=1S/C15H20N2O2/c1-15(2)8-7-13(18)11-17(15)14(19)6-5-12-4-3-9-16-10-12/h3-4,9-10H,5-8,11H2,1-2H3. The molecule has 0 saturated carbocycles. The monoisotopic (exact) mass is 260 g/mol. The van der Waals surface area contributed by atoms with Gasteiger partial charge >= 0.3 is 0 Å². The van der Waals surface area contributed by atoms with Crippen molar-refractivity contribution >= 4 is 11.7 Å². The summed E-state index contributed by atoms with van der Waals surface area (Å²) < 4.78 is 0. The van der Waals surface area contributed by atoms with Gasteiger partial charge in [0.2, 0.25) is 5.91 Å². The lowest BCUT2D eigenvalue weighted by molar-refractivity contribution is -0.144. The average Bonchev–Trinajstić information content (AvgIpc) is 2.40. The van der Waals surface area contributed by atoms with E-state index in [9.17, 15) is 9.59 Å². The molecule has 1 aromatic rings. The number of nitrogens with zero attached hydrogens (tertiary/aromatic N) is 2. The molecule has 1 saturated heterocycles. The van der Waals surface area contributed by atoms with Gasteiger partial charge in [0.25, 0.3) is 0 Å². The molecular formula is C15H20N2O2. The zero-order valence-corrected chi connectivity index (χ0v) is 11.6. The van der Waals surface area contributed by atoms with Crippen molar-refractivity contribution in [1.82, 2.24) is 9.88 Å². The molecule has 0 aliphatic carbocycles. The van der Waals surface area contributed by atoms with Crippen LogP contribution in [0.15, 0.2) is 24.5 Å². The van der Waals surface area contributed by atoms with Gasteiger partial charge in [0, 0.05) is 30.8 Å². The molecular weight excluding hydrogens is 240 g/mol. The van der Waals surface area contributed by atoms with E-state index < -0.39 is 0 Å². The van der Waals surface area contributed by atoms with Crippen molar-refractivity contribution < 1.29 is 9.59 Å². The van der Waals surface area contributed by atoms with Gasteiger partial charge in [-0.15, -0.1) is 0 Å². The Bertz CT molecular complexity index is 468. The van der Waals surface area contributed by atoms with Gasteiger partial charge in [-0.2, -0.15) is 0 Å². The van der Waals surface area contributed by atoms with Crippen LogP contribution in [0.25, 0.3) is 0 Å². The van der Waals surface area contributed by atoms with Crippen molar-refractivity contribution in [3.8, 4) is 0 Å². The van der Waals surface area contributed by atoms with E-state index in [-0.39, 0.29) is 23.8 Å². The molecule has 0 unspecified atom stereocenters. The molecule has 0 atom stereocenters. The average molecular weight is 260 g/mol. The fraction of sp³-hybridized carbons (Fsp3) is 0.533. The third-order valence-electron chi connectivity index (χ3n) is 3.73. The molecule has 1 fully saturated rings. The van der Waals surface area contributed by atoms with Crippen LogP contribution in [-0.2, 0) is 16.0 Å². The van der Waals surface area contributed by atoms with E-state index in [1.165, 1.54) is 0 Å². The minimum absolute atomic E-state index is 0.0573. The first-order valence-corrected chi connectivity index (χ1v) is 6.70. The minimum atomic E-state index is -0.208. The number of aromatic nitrogens is 1. The van der Waals surface area contributed by atoms with Crippen LogP contribution >= 0.6 is 0 Å². The second kappa shape index (κ2) is 5.51. The number of likely N-dealkylation sites (tertiary alicyclic amines) is 1. The first-order valence-electron chi connectivity index (χ1n) is 6.70.